The van der Waals surface area contributed by atoms with Crippen molar-refractivity contribution < 1.29 is 14.3 Å². The minimum Gasteiger partial charge on any atom is -0.491 e. The van der Waals surface area contributed by atoms with Crippen molar-refractivity contribution >= 4 is 18.5 Å². The normalized spacial score (nSPS) is 18.6. The number of para-hydroxylation sites is 1. The molecule has 0 bridgehead atoms. The predicted molar refractivity (Wildman–Crippen MR) is 71.3 cm³/mol. The highest BCUT2D eigenvalue weighted by atomic mass is 35.5. The number of carbonyl (C=O) groups excluding carboxylic acids is 1. The van der Waals surface area contributed by atoms with Crippen LogP contribution in [0, 0.1) is 0 Å². The van der Waals surface area contributed by atoms with E-state index in [1.807, 2.05) is 38.1 Å². The van der Waals surface area contributed by atoms with Crippen LogP contribution in [0.4, 0.5) is 4.79 Å². The van der Waals surface area contributed by atoms with Crippen molar-refractivity contribution in [2.75, 3.05) is 6.61 Å². The number of nitrogens with one attached hydrogen (secondary N) is 1. The molecule has 4 nitrogen and oxygen atoms in total. The first-order valence-corrected chi connectivity index (χ1v) is 5.85. The number of carbonyl (C=O) groups is 1. The third-order valence-electron chi connectivity index (χ3n) is 2.59. The van der Waals surface area contributed by atoms with Crippen molar-refractivity contribution in [1.82, 2.24) is 5.32 Å². The largest absolute Gasteiger partial charge is 0.491 e. The van der Waals surface area contributed by atoms with Crippen molar-refractivity contribution in [2.24, 2.45) is 0 Å². The number of ether oxygens (including phenoxy) is 2. The van der Waals surface area contributed by atoms with Crippen molar-refractivity contribution in [2.45, 2.75) is 32.4 Å². The molecule has 1 aromatic carbocycles. The topological polar surface area (TPSA) is 47.6 Å². The zero-order valence-corrected chi connectivity index (χ0v) is 11.3. The van der Waals surface area contributed by atoms with Gasteiger partial charge in [-0.05, 0) is 19.9 Å². The molecular weight excluding hydrogens is 254 g/mol. The molecule has 0 aromatic heterocycles. The van der Waals surface area contributed by atoms with Gasteiger partial charge in [-0.3, -0.25) is 0 Å². The number of rotatable bonds is 3. The van der Waals surface area contributed by atoms with Gasteiger partial charge >= 0.3 is 6.09 Å². The Morgan fingerprint density at radius 1 is 1.39 bits per heavy atom. The fourth-order valence-electron chi connectivity index (χ4n) is 1.89. The lowest BCUT2D eigenvalue weighted by Gasteiger charge is -2.26. The Labute approximate surface area is 113 Å². The Kier molecular flexibility index (Phi) is 5.28. The van der Waals surface area contributed by atoms with E-state index in [-0.39, 0.29) is 30.6 Å². The Balaban J connectivity index is 0.00000162. The zero-order valence-electron chi connectivity index (χ0n) is 10.5. The molecule has 0 unspecified atom stereocenters. The van der Waals surface area contributed by atoms with Crippen LogP contribution in [0.1, 0.15) is 31.9 Å². The first kappa shape index (κ1) is 14.6. The van der Waals surface area contributed by atoms with E-state index in [2.05, 4.69) is 5.32 Å². The van der Waals surface area contributed by atoms with E-state index in [0.717, 1.165) is 17.7 Å². The van der Waals surface area contributed by atoms with E-state index in [0.29, 0.717) is 6.61 Å². The van der Waals surface area contributed by atoms with E-state index in [1.54, 1.807) is 0 Å². The fraction of sp³-hybridized carbons (Fsp3) is 0.462. The van der Waals surface area contributed by atoms with Crippen molar-refractivity contribution in [3.05, 3.63) is 29.8 Å². The molecule has 1 saturated heterocycles. The van der Waals surface area contributed by atoms with Crippen LogP contribution in [0.3, 0.4) is 0 Å². The Bertz CT molecular complexity index is 409. The number of alkyl carbamates (subject to hydrolysis) is 1. The second kappa shape index (κ2) is 6.50. The molecule has 1 aliphatic heterocycles. The van der Waals surface area contributed by atoms with Crippen LogP contribution in [0.15, 0.2) is 24.3 Å². The quantitative estimate of drug-likeness (QED) is 0.919. The molecule has 100 valence electrons. The maximum absolute atomic E-state index is 11.2. The van der Waals surface area contributed by atoms with Crippen LogP contribution in [0.2, 0.25) is 0 Å². The van der Waals surface area contributed by atoms with Crippen molar-refractivity contribution in [3.8, 4) is 5.75 Å². The van der Waals surface area contributed by atoms with Crippen LogP contribution in [0.5, 0.6) is 5.75 Å². The Hall–Kier alpha value is -1.42. The van der Waals surface area contributed by atoms with E-state index in [9.17, 15) is 4.79 Å². The van der Waals surface area contributed by atoms with E-state index >= 15 is 0 Å². The van der Waals surface area contributed by atoms with Gasteiger partial charge in [0.2, 0.25) is 0 Å². The third-order valence-corrected chi connectivity index (χ3v) is 2.59. The molecule has 1 fully saturated rings. The summed E-state index contributed by atoms with van der Waals surface area (Å²) in [6.45, 7) is 4.42. The summed E-state index contributed by atoms with van der Waals surface area (Å²) in [5, 5.41) is 2.81. The number of benzene rings is 1. The second-order valence-corrected chi connectivity index (χ2v) is 4.33. The summed E-state index contributed by atoms with van der Waals surface area (Å²) in [6.07, 6.45) is 0.525. The standard InChI is InChI=1S/C13H17NO3.ClH/c1-9(2)17-12-6-4-3-5-10(12)11-7-8-16-13(15)14-11;/h3-6,9,11H,7-8H2,1-2H3,(H,14,15);1H/t11-;/m0./s1. The molecule has 1 aliphatic rings. The van der Waals surface area contributed by atoms with Gasteiger partial charge in [0.25, 0.3) is 0 Å². The van der Waals surface area contributed by atoms with Crippen molar-refractivity contribution in [1.29, 1.82) is 0 Å². The van der Waals surface area contributed by atoms with Crippen molar-refractivity contribution in [3.63, 3.8) is 0 Å². The molecule has 2 rings (SSSR count). The first-order chi connectivity index (χ1) is 8.16. The van der Waals surface area contributed by atoms with Gasteiger partial charge in [-0.25, -0.2) is 4.79 Å². The van der Waals surface area contributed by atoms with Crippen LogP contribution < -0.4 is 10.1 Å². The molecule has 1 heterocycles. The predicted octanol–water partition coefficient (Wildman–Crippen LogP) is 3.07. The molecular formula is C13H18ClNO3. The highest BCUT2D eigenvalue weighted by Gasteiger charge is 2.23. The lowest BCUT2D eigenvalue weighted by atomic mass is 10.0. The fourth-order valence-corrected chi connectivity index (χ4v) is 1.89. The second-order valence-electron chi connectivity index (χ2n) is 4.33. The summed E-state index contributed by atoms with van der Waals surface area (Å²) >= 11 is 0. The molecule has 1 aromatic rings. The number of cyclic esters (lactones) is 1. The van der Waals surface area contributed by atoms with Gasteiger partial charge in [0, 0.05) is 12.0 Å². The van der Waals surface area contributed by atoms with Crippen LogP contribution in [-0.4, -0.2) is 18.8 Å². The minimum absolute atomic E-state index is 0. The van der Waals surface area contributed by atoms with E-state index in [4.69, 9.17) is 9.47 Å². The average Bonchev–Trinajstić information content (AvgIpc) is 2.29. The third kappa shape index (κ3) is 3.53. The maximum Gasteiger partial charge on any atom is 0.407 e. The summed E-state index contributed by atoms with van der Waals surface area (Å²) in [5.41, 5.74) is 1.01. The number of halogens is 1. The summed E-state index contributed by atoms with van der Waals surface area (Å²) in [5.74, 6) is 0.828. The average molecular weight is 272 g/mol. The zero-order chi connectivity index (χ0) is 12.3. The molecule has 18 heavy (non-hydrogen) atoms. The van der Waals surface area contributed by atoms with E-state index in [1.165, 1.54) is 0 Å². The lowest BCUT2D eigenvalue weighted by molar-refractivity contribution is 0.114. The highest BCUT2D eigenvalue weighted by molar-refractivity contribution is 5.85. The summed E-state index contributed by atoms with van der Waals surface area (Å²) in [4.78, 5) is 11.2. The monoisotopic (exact) mass is 271 g/mol. The number of hydrogen-bond donors (Lipinski definition) is 1. The smallest absolute Gasteiger partial charge is 0.407 e. The van der Waals surface area contributed by atoms with Gasteiger partial charge in [-0.15, -0.1) is 12.4 Å². The first-order valence-electron chi connectivity index (χ1n) is 5.85. The molecule has 5 heteroatoms. The molecule has 0 radical (unpaired) electrons. The summed E-state index contributed by atoms with van der Waals surface area (Å²) in [7, 11) is 0. The Morgan fingerprint density at radius 2 is 2.11 bits per heavy atom. The number of hydrogen-bond acceptors (Lipinski definition) is 3. The summed E-state index contributed by atoms with van der Waals surface area (Å²) < 4.78 is 10.6. The molecule has 1 amide bonds. The molecule has 1 atom stereocenters. The highest BCUT2D eigenvalue weighted by Crippen LogP contribution is 2.29. The minimum atomic E-state index is -0.361. The van der Waals surface area contributed by atoms with Gasteiger partial charge < -0.3 is 14.8 Å². The maximum atomic E-state index is 11.2. The van der Waals surface area contributed by atoms with Gasteiger partial charge in [0.05, 0.1) is 18.8 Å². The van der Waals surface area contributed by atoms with E-state index < -0.39 is 0 Å². The van der Waals surface area contributed by atoms with Gasteiger partial charge in [-0.1, -0.05) is 18.2 Å². The summed E-state index contributed by atoms with van der Waals surface area (Å²) in [6, 6.07) is 7.77. The van der Waals surface area contributed by atoms with Gasteiger partial charge in [-0.2, -0.15) is 0 Å². The van der Waals surface area contributed by atoms with Crippen LogP contribution in [-0.2, 0) is 4.74 Å². The molecule has 1 N–H and O–H groups in total. The molecule has 0 aliphatic carbocycles. The number of amides is 1. The van der Waals surface area contributed by atoms with Gasteiger partial charge in [0.1, 0.15) is 5.75 Å². The molecule has 0 spiro atoms. The van der Waals surface area contributed by atoms with Crippen LogP contribution in [0.25, 0.3) is 0 Å². The lowest BCUT2D eigenvalue weighted by Crippen LogP contribution is -2.35. The Morgan fingerprint density at radius 3 is 2.78 bits per heavy atom. The van der Waals surface area contributed by atoms with Crippen LogP contribution >= 0.6 is 12.4 Å². The molecule has 0 saturated carbocycles. The SMILES string of the molecule is CC(C)Oc1ccccc1[C@@H]1CCOC(=O)N1.Cl. The van der Waals surface area contributed by atoms with Gasteiger partial charge in [0.15, 0.2) is 0 Å².